The lowest BCUT2D eigenvalue weighted by Crippen LogP contribution is -2.62. The molecule has 3 N–H and O–H groups in total. The van der Waals surface area contributed by atoms with E-state index in [0.717, 1.165) is 25.5 Å². The molecule has 0 bridgehead atoms. The molecular formula is C18H19N3O3S3. The van der Waals surface area contributed by atoms with Gasteiger partial charge in [-0.05, 0) is 26.0 Å². The van der Waals surface area contributed by atoms with E-state index in [4.69, 9.17) is 5.73 Å². The van der Waals surface area contributed by atoms with E-state index in [9.17, 15) is 14.7 Å². The van der Waals surface area contributed by atoms with Gasteiger partial charge in [-0.3, -0.25) is 9.59 Å². The van der Waals surface area contributed by atoms with Crippen LogP contribution in [-0.4, -0.2) is 39.0 Å². The Kier molecular flexibility index (Phi) is 4.66. The Morgan fingerprint density at radius 3 is 2.81 bits per heavy atom. The number of fused-ring (bicyclic) bond motifs is 1. The van der Waals surface area contributed by atoms with Gasteiger partial charge in [0.05, 0.1) is 33.5 Å². The Morgan fingerprint density at radius 2 is 2.19 bits per heavy atom. The first-order valence-corrected chi connectivity index (χ1v) is 11.1. The number of carbonyl (C=O) groups excluding carboxylic acids is 2. The molecule has 0 radical (unpaired) electrons. The third-order valence-corrected chi connectivity index (χ3v) is 8.58. The molecule has 2 aromatic heterocycles. The van der Waals surface area contributed by atoms with Crippen LogP contribution < -0.4 is 5.73 Å². The summed E-state index contributed by atoms with van der Waals surface area (Å²) < 4.78 is 0.892. The second-order valence-electron chi connectivity index (χ2n) is 6.83. The Labute approximate surface area is 169 Å². The molecule has 2 amide bonds. The highest BCUT2D eigenvalue weighted by Gasteiger charge is 2.57. The predicted octanol–water partition coefficient (Wildman–Crippen LogP) is 3.15. The standard InChI is InChI=1S/C18H19N3O3S3/c1-7-14-13(9(3)22)17(24)21(14)8(2)15(7)27-18-20-10(6-25-18)11-4-5-12(26-11)16(19)23/h4-7,9,13-14,22H,1-3H3,(H2,19,23)/t7-,9-,13-,14?/m1/s1. The summed E-state index contributed by atoms with van der Waals surface area (Å²) in [6.45, 7) is 5.74. The molecule has 2 aromatic rings. The van der Waals surface area contributed by atoms with Gasteiger partial charge in [-0.1, -0.05) is 18.7 Å². The van der Waals surface area contributed by atoms with Gasteiger partial charge in [-0.15, -0.1) is 22.7 Å². The average Bonchev–Trinajstić information content (AvgIpc) is 3.28. The van der Waals surface area contributed by atoms with Crippen LogP contribution in [0.2, 0.25) is 0 Å². The lowest BCUT2D eigenvalue weighted by Gasteiger charge is -2.46. The van der Waals surface area contributed by atoms with E-state index < -0.39 is 12.0 Å². The van der Waals surface area contributed by atoms with Crippen LogP contribution in [0.1, 0.15) is 30.4 Å². The smallest absolute Gasteiger partial charge is 0.258 e. The molecule has 4 atom stereocenters. The maximum absolute atomic E-state index is 12.4. The van der Waals surface area contributed by atoms with E-state index in [1.54, 1.807) is 24.8 Å². The molecule has 0 aromatic carbocycles. The number of aromatic nitrogens is 1. The second kappa shape index (κ2) is 6.73. The van der Waals surface area contributed by atoms with Crippen LogP contribution in [0.25, 0.3) is 10.6 Å². The molecule has 2 aliphatic heterocycles. The Hall–Kier alpha value is -1.68. The van der Waals surface area contributed by atoms with Gasteiger partial charge in [0.1, 0.15) is 0 Å². The molecule has 27 heavy (non-hydrogen) atoms. The molecule has 6 nitrogen and oxygen atoms in total. The molecule has 1 fully saturated rings. The number of aliphatic hydroxyl groups excluding tert-OH is 1. The number of thiazole rings is 1. The van der Waals surface area contributed by atoms with Crippen LogP contribution in [0.15, 0.2) is 32.5 Å². The van der Waals surface area contributed by atoms with Crippen molar-refractivity contribution in [3.63, 3.8) is 0 Å². The van der Waals surface area contributed by atoms with Crippen molar-refractivity contribution in [1.29, 1.82) is 0 Å². The van der Waals surface area contributed by atoms with E-state index in [-0.39, 0.29) is 23.8 Å². The van der Waals surface area contributed by atoms with Crippen LogP contribution in [0.4, 0.5) is 0 Å². The van der Waals surface area contributed by atoms with Crippen LogP contribution >= 0.6 is 34.4 Å². The summed E-state index contributed by atoms with van der Waals surface area (Å²) in [4.78, 5) is 32.7. The van der Waals surface area contributed by atoms with Crippen molar-refractivity contribution in [2.75, 3.05) is 0 Å². The van der Waals surface area contributed by atoms with Gasteiger partial charge in [-0.2, -0.15) is 0 Å². The van der Waals surface area contributed by atoms with Gasteiger partial charge in [0, 0.05) is 21.9 Å². The number of hydrogen-bond donors (Lipinski definition) is 2. The molecular weight excluding hydrogens is 402 g/mol. The number of thioether (sulfide) groups is 1. The molecule has 1 unspecified atom stereocenters. The van der Waals surface area contributed by atoms with Crippen LogP contribution in [0.3, 0.4) is 0 Å². The zero-order valence-electron chi connectivity index (χ0n) is 15.0. The number of carbonyl (C=O) groups is 2. The monoisotopic (exact) mass is 421 g/mol. The Morgan fingerprint density at radius 1 is 1.44 bits per heavy atom. The lowest BCUT2D eigenvalue weighted by molar-refractivity contribution is -0.159. The van der Waals surface area contributed by atoms with Gasteiger partial charge in [0.15, 0.2) is 4.34 Å². The molecule has 0 aliphatic carbocycles. The lowest BCUT2D eigenvalue weighted by atomic mass is 9.79. The van der Waals surface area contributed by atoms with Gasteiger partial charge >= 0.3 is 0 Å². The molecule has 4 heterocycles. The minimum absolute atomic E-state index is 0.00680. The van der Waals surface area contributed by atoms with Gasteiger partial charge in [0.2, 0.25) is 5.91 Å². The fraction of sp³-hybridized carbons (Fsp3) is 0.389. The summed E-state index contributed by atoms with van der Waals surface area (Å²) in [6, 6.07) is 3.61. The topological polar surface area (TPSA) is 96.5 Å². The number of allylic oxidation sites excluding steroid dienone is 1. The number of aliphatic hydroxyl groups is 1. The molecule has 0 saturated carbocycles. The van der Waals surface area contributed by atoms with E-state index in [0.29, 0.717) is 4.88 Å². The molecule has 2 aliphatic rings. The number of β-lactam (4-membered cyclic amide) rings is 1. The SMILES string of the molecule is CC1=C(Sc2nc(-c3ccc(C(N)=O)s3)cs2)[C@H](C)C2[C@@H]([C@@H](C)O)C(=O)N12. The van der Waals surface area contributed by atoms with E-state index in [1.807, 2.05) is 23.3 Å². The molecule has 0 spiro atoms. The van der Waals surface area contributed by atoms with Gasteiger partial charge in [0.25, 0.3) is 5.91 Å². The Balaban J connectivity index is 1.55. The van der Waals surface area contributed by atoms with Crippen molar-refractivity contribution < 1.29 is 14.7 Å². The number of nitrogens with two attached hydrogens (primary N) is 1. The predicted molar refractivity (Wildman–Crippen MR) is 107 cm³/mol. The van der Waals surface area contributed by atoms with E-state index in [1.165, 1.54) is 22.7 Å². The highest BCUT2D eigenvalue weighted by atomic mass is 32.2. The highest BCUT2D eigenvalue weighted by Crippen LogP contribution is 2.52. The number of amides is 2. The first-order valence-electron chi connectivity index (χ1n) is 8.55. The number of primary amides is 1. The van der Waals surface area contributed by atoms with Crippen molar-refractivity contribution in [3.8, 4) is 10.6 Å². The zero-order valence-corrected chi connectivity index (χ0v) is 17.5. The van der Waals surface area contributed by atoms with Gasteiger partial charge < -0.3 is 15.7 Å². The molecule has 9 heteroatoms. The van der Waals surface area contributed by atoms with Crippen molar-refractivity contribution in [3.05, 3.63) is 33.0 Å². The normalized spacial score (nSPS) is 25.6. The fourth-order valence-corrected chi connectivity index (χ4v) is 6.78. The van der Waals surface area contributed by atoms with Gasteiger partial charge in [-0.25, -0.2) is 4.98 Å². The zero-order chi connectivity index (χ0) is 19.5. The summed E-state index contributed by atoms with van der Waals surface area (Å²) in [5, 5.41) is 11.9. The summed E-state index contributed by atoms with van der Waals surface area (Å²) in [6.07, 6.45) is -0.636. The maximum atomic E-state index is 12.4. The van der Waals surface area contributed by atoms with Crippen molar-refractivity contribution in [2.45, 2.75) is 37.3 Å². The third kappa shape index (κ3) is 2.93. The van der Waals surface area contributed by atoms with E-state index >= 15 is 0 Å². The number of nitrogens with zero attached hydrogens (tertiary/aromatic N) is 2. The minimum Gasteiger partial charge on any atom is -0.393 e. The first kappa shape index (κ1) is 18.7. The number of rotatable bonds is 5. The van der Waals surface area contributed by atoms with Crippen molar-refractivity contribution in [1.82, 2.24) is 9.88 Å². The minimum atomic E-state index is -0.636. The van der Waals surface area contributed by atoms with Crippen LogP contribution in [0, 0.1) is 11.8 Å². The molecule has 142 valence electrons. The summed E-state index contributed by atoms with van der Waals surface area (Å²) in [5.74, 6) is -0.577. The fourth-order valence-electron chi connectivity index (χ4n) is 3.84. The first-order chi connectivity index (χ1) is 12.8. The Bertz CT molecular complexity index is 962. The second-order valence-corrected chi connectivity index (χ2v) is 10.1. The quantitative estimate of drug-likeness (QED) is 0.723. The summed E-state index contributed by atoms with van der Waals surface area (Å²) in [7, 11) is 0. The maximum Gasteiger partial charge on any atom is 0.258 e. The largest absolute Gasteiger partial charge is 0.393 e. The van der Waals surface area contributed by atoms with E-state index in [2.05, 4.69) is 11.9 Å². The van der Waals surface area contributed by atoms with Crippen molar-refractivity contribution >= 4 is 46.2 Å². The highest BCUT2D eigenvalue weighted by molar-refractivity contribution is 8.04. The van der Waals surface area contributed by atoms with Crippen LogP contribution in [-0.2, 0) is 4.79 Å². The van der Waals surface area contributed by atoms with Crippen LogP contribution in [0.5, 0.6) is 0 Å². The molecule has 4 rings (SSSR count). The summed E-state index contributed by atoms with van der Waals surface area (Å²) in [5.41, 5.74) is 7.10. The number of thiophene rings is 1. The third-order valence-electron chi connectivity index (χ3n) is 5.13. The average molecular weight is 422 g/mol. The summed E-state index contributed by atoms with van der Waals surface area (Å²) >= 11 is 4.46. The number of hydrogen-bond acceptors (Lipinski definition) is 7. The van der Waals surface area contributed by atoms with Crippen molar-refractivity contribution in [2.24, 2.45) is 17.6 Å². The molecule has 1 saturated heterocycles.